The molecule has 108 valence electrons. The van der Waals surface area contributed by atoms with Crippen LogP contribution in [0, 0.1) is 11.7 Å². The Balaban J connectivity index is 2.59. The number of benzene rings is 1. The van der Waals surface area contributed by atoms with Gasteiger partial charge in [0.25, 0.3) is 0 Å². The average molecular weight is 288 g/mol. The van der Waals surface area contributed by atoms with Gasteiger partial charge in [0.05, 0.1) is 5.69 Å². The molecule has 0 amide bonds. The molecule has 1 aromatic rings. The zero-order chi connectivity index (χ0) is 14.5. The van der Waals surface area contributed by atoms with Gasteiger partial charge in [-0.25, -0.2) is 17.5 Å². The van der Waals surface area contributed by atoms with E-state index in [4.69, 9.17) is 5.73 Å². The van der Waals surface area contributed by atoms with Crippen LogP contribution in [0.1, 0.15) is 33.1 Å². The van der Waals surface area contributed by atoms with Crippen molar-refractivity contribution in [1.29, 1.82) is 0 Å². The van der Waals surface area contributed by atoms with Crippen LogP contribution in [0.3, 0.4) is 0 Å². The Labute approximate surface area is 114 Å². The van der Waals surface area contributed by atoms with Crippen molar-refractivity contribution >= 4 is 15.7 Å². The summed E-state index contributed by atoms with van der Waals surface area (Å²) in [6.45, 7) is 4.58. The standard InChI is InChI=1S/C13H21FN2O2S/c1-10(2)6-3-4-9-16-19(17,18)12-8-5-7-11(14)13(12)15/h5,7-8,10,16H,3-4,6,9,15H2,1-2H3. The van der Waals surface area contributed by atoms with E-state index >= 15 is 0 Å². The van der Waals surface area contributed by atoms with Crippen molar-refractivity contribution in [3.05, 3.63) is 24.0 Å². The molecule has 0 aliphatic heterocycles. The van der Waals surface area contributed by atoms with E-state index in [-0.39, 0.29) is 10.6 Å². The Morgan fingerprint density at radius 2 is 2.00 bits per heavy atom. The first-order chi connectivity index (χ1) is 8.84. The van der Waals surface area contributed by atoms with Gasteiger partial charge in [-0.2, -0.15) is 0 Å². The summed E-state index contributed by atoms with van der Waals surface area (Å²) in [5.74, 6) is -0.113. The van der Waals surface area contributed by atoms with Gasteiger partial charge in [-0.15, -0.1) is 0 Å². The highest BCUT2D eigenvalue weighted by Crippen LogP contribution is 2.20. The molecule has 4 nitrogen and oxygen atoms in total. The second kappa shape index (κ2) is 6.86. The molecule has 0 atom stereocenters. The lowest BCUT2D eigenvalue weighted by molar-refractivity contribution is 0.530. The second-order valence-electron chi connectivity index (χ2n) is 4.94. The number of hydrogen-bond donors (Lipinski definition) is 2. The van der Waals surface area contributed by atoms with Crippen LogP contribution in [-0.4, -0.2) is 15.0 Å². The van der Waals surface area contributed by atoms with Crippen molar-refractivity contribution in [2.24, 2.45) is 5.92 Å². The van der Waals surface area contributed by atoms with Gasteiger partial charge in [0.1, 0.15) is 10.7 Å². The molecule has 3 N–H and O–H groups in total. The maximum Gasteiger partial charge on any atom is 0.242 e. The first-order valence-electron chi connectivity index (χ1n) is 6.38. The van der Waals surface area contributed by atoms with Gasteiger partial charge in [0.15, 0.2) is 0 Å². The summed E-state index contributed by atoms with van der Waals surface area (Å²) in [4.78, 5) is -0.198. The van der Waals surface area contributed by atoms with E-state index < -0.39 is 15.8 Å². The Kier molecular flexibility index (Phi) is 5.75. The van der Waals surface area contributed by atoms with E-state index in [1.807, 2.05) is 0 Å². The van der Waals surface area contributed by atoms with Crippen LogP contribution >= 0.6 is 0 Å². The van der Waals surface area contributed by atoms with Crippen LogP contribution in [0.4, 0.5) is 10.1 Å². The first kappa shape index (κ1) is 15.9. The van der Waals surface area contributed by atoms with E-state index in [0.29, 0.717) is 12.5 Å². The number of rotatable bonds is 7. The van der Waals surface area contributed by atoms with E-state index in [2.05, 4.69) is 18.6 Å². The Hall–Kier alpha value is -1.14. The summed E-state index contributed by atoms with van der Waals surface area (Å²) in [7, 11) is -3.73. The van der Waals surface area contributed by atoms with Crippen molar-refractivity contribution < 1.29 is 12.8 Å². The molecule has 0 radical (unpaired) electrons. The maximum absolute atomic E-state index is 13.2. The maximum atomic E-state index is 13.2. The molecule has 0 unspecified atom stereocenters. The third-order valence-electron chi connectivity index (χ3n) is 2.80. The largest absolute Gasteiger partial charge is 0.395 e. The van der Waals surface area contributed by atoms with Gasteiger partial charge in [0.2, 0.25) is 10.0 Å². The first-order valence-corrected chi connectivity index (χ1v) is 7.86. The molecule has 0 fully saturated rings. The van der Waals surface area contributed by atoms with Crippen LogP contribution in [0.15, 0.2) is 23.1 Å². The number of nitrogen functional groups attached to an aromatic ring is 1. The summed E-state index contributed by atoms with van der Waals surface area (Å²) in [5, 5.41) is 0. The second-order valence-corrected chi connectivity index (χ2v) is 6.67. The van der Waals surface area contributed by atoms with E-state index in [9.17, 15) is 12.8 Å². The summed E-state index contributed by atoms with van der Waals surface area (Å²) < 4.78 is 39.6. The Bertz CT molecular complexity index is 515. The average Bonchev–Trinajstić information content (AvgIpc) is 2.31. The lowest BCUT2D eigenvalue weighted by atomic mass is 10.1. The molecule has 0 saturated heterocycles. The van der Waals surface area contributed by atoms with Crippen molar-refractivity contribution in [3.8, 4) is 0 Å². The van der Waals surface area contributed by atoms with Gasteiger partial charge in [-0.1, -0.05) is 32.8 Å². The number of anilines is 1. The van der Waals surface area contributed by atoms with Gasteiger partial charge in [-0.05, 0) is 24.5 Å². The molecule has 0 aliphatic rings. The molecule has 0 heterocycles. The minimum absolute atomic E-state index is 0.198. The summed E-state index contributed by atoms with van der Waals surface area (Å²) in [6, 6.07) is 3.77. The van der Waals surface area contributed by atoms with Gasteiger partial charge >= 0.3 is 0 Å². The number of para-hydroxylation sites is 1. The molecule has 1 rings (SSSR count). The number of nitrogens with two attached hydrogens (primary N) is 1. The molecule has 0 saturated carbocycles. The normalized spacial score (nSPS) is 12.0. The third kappa shape index (κ3) is 4.80. The lowest BCUT2D eigenvalue weighted by Crippen LogP contribution is -2.26. The fraction of sp³-hybridized carbons (Fsp3) is 0.538. The molecule has 6 heteroatoms. The van der Waals surface area contributed by atoms with E-state index in [1.165, 1.54) is 12.1 Å². The molecular formula is C13H21FN2O2S. The quantitative estimate of drug-likeness (QED) is 0.598. The predicted molar refractivity (Wildman–Crippen MR) is 74.7 cm³/mol. The molecule has 0 bridgehead atoms. The van der Waals surface area contributed by atoms with Gasteiger partial charge in [-0.3, -0.25) is 0 Å². The Morgan fingerprint density at radius 3 is 2.63 bits per heavy atom. The number of hydrogen-bond acceptors (Lipinski definition) is 3. The SMILES string of the molecule is CC(C)CCCCNS(=O)(=O)c1cccc(F)c1N. The summed E-state index contributed by atoms with van der Waals surface area (Å²) in [5.41, 5.74) is 5.11. The molecular weight excluding hydrogens is 267 g/mol. The van der Waals surface area contributed by atoms with E-state index in [0.717, 1.165) is 25.3 Å². The molecule has 1 aromatic carbocycles. The van der Waals surface area contributed by atoms with Crippen LogP contribution in [0.2, 0.25) is 0 Å². The fourth-order valence-electron chi connectivity index (χ4n) is 1.71. The minimum Gasteiger partial charge on any atom is -0.395 e. The zero-order valence-electron chi connectivity index (χ0n) is 11.3. The predicted octanol–water partition coefficient (Wildman–Crippen LogP) is 2.51. The van der Waals surface area contributed by atoms with Gasteiger partial charge < -0.3 is 5.73 Å². The highest BCUT2D eigenvalue weighted by molar-refractivity contribution is 7.89. The van der Waals surface area contributed by atoms with Gasteiger partial charge in [0, 0.05) is 6.54 Å². The lowest BCUT2D eigenvalue weighted by Gasteiger charge is -2.10. The molecule has 0 spiro atoms. The summed E-state index contributed by atoms with van der Waals surface area (Å²) in [6.07, 6.45) is 2.77. The fourth-order valence-corrected chi connectivity index (χ4v) is 2.93. The van der Waals surface area contributed by atoms with Crippen molar-refractivity contribution in [3.63, 3.8) is 0 Å². The monoisotopic (exact) mass is 288 g/mol. The van der Waals surface area contributed by atoms with Crippen LogP contribution in [-0.2, 0) is 10.0 Å². The van der Waals surface area contributed by atoms with E-state index in [1.54, 1.807) is 0 Å². The highest BCUT2D eigenvalue weighted by Gasteiger charge is 2.18. The topological polar surface area (TPSA) is 72.2 Å². The zero-order valence-corrected chi connectivity index (χ0v) is 12.1. The van der Waals surface area contributed by atoms with Crippen molar-refractivity contribution in [2.75, 3.05) is 12.3 Å². The number of sulfonamides is 1. The molecule has 0 aliphatic carbocycles. The van der Waals surface area contributed by atoms with Crippen molar-refractivity contribution in [1.82, 2.24) is 4.72 Å². The number of halogens is 1. The molecule has 19 heavy (non-hydrogen) atoms. The minimum atomic E-state index is -3.73. The third-order valence-corrected chi connectivity index (χ3v) is 4.32. The highest BCUT2D eigenvalue weighted by atomic mass is 32.2. The summed E-state index contributed by atoms with van der Waals surface area (Å²) >= 11 is 0. The van der Waals surface area contributed by atoms with Crippen LogP contribution in [0.25, 0.3) is 0 Å². The number of unbranched alkanes of at least 4 members (excludes halogenated alkanes) is 1. The number of nitrogens with one attached hydrogen (secondary N) is 1. The smallest absolute Gasteiger partial charge is 0.242 e. The van der Waals surface area contributed by atoms with Crippen molar-refractivity contribution in [2.45, 2.75) is 38.0 Å². The van der Waals surface area contributed by atoms with Crippen LogP contribution < -0.4 is 10.5 Å². The van der Waals surface area contributed by atoms with Crippen LogP contribution in [0.5, 0.6) is 0 Å². The molecule has 0 aromatic heterocycles. The Morgan fingerprint density at radius 1 is 1.32 bits per heavy atom.